The van der Waals surface area contributed by atoms with Crippen LogP contribution in [0.1, 0.15) is 47.6 Å². The summed E-state index contributed by atoms with van der Waals surface area (Å²) in [5.74, 6) is 0. The number of benzene rings is 3. The summed E-state index contributed by atoms with van der Waals surface area (Å²) in [6.45, 7) is 9.21. The first-order chi connectivity index (χ1) is 15.6. The summed E-state index contributed by atoms with van der Waals surface area (Å²) in [6.07, 6.45) is 3.69. The van der Waals surface area contributed by atoms with Crippen LogP contribution >= 0.6 is 0 Å². The zero-order valence-electron chi connectivity index (χ0n) is 21.6. The van der Waals surface area contributed by atoms with Crippen LogP contribution in [0.4, 0.5) is 0 Å². The molecule has 5 heteroatoms. The molecule has 0 heterocycles. The van der Waals surface area contributed by atoms with Crippen molar-refractivity contribution in [1.29, 1.82) is 0 Å². The molecule has 0 N–H and O–H groups in total. The molecule has 0 aliphatic carbocycles. The first-order valence-corrected chi connectivity index (χ1v) is 14.0. The minimum Gasteiger partial charge on any atom is -1.00 e. The normalized spacial score (nSPS) is 10.0. The quantitative estimate of drug-likeness (QED) is 0.157. The van der Waals surface area contributed by atoms with E-state index in [2.05, 4.69) is 113 Å². The Morgan fingerprint density at radius 2 is 1.17 bits per heavy atom. The van der Waals surface area contributed by atoms with E-state index < -0.39 is 8.80 Å². The average Bonchev–Trinajstić information content (AvgIpc) is 3.06. The first-order valence-electron chi connectivity index (χ1n) is 12.0. The molecule has 0 saturated heterocycles. The Labute approximate surface area is 253 Å². The van der Waals surface area contributed by atoms with Gasteiger partial charge in [-0.1, -0.05) is 141 Å². The van der Waals surface area contributed by atoms with Crippen LogP contribution < -0.4 is 47.6 Å². The van der Waals surface area contributed by atoms with E-state index in [1.54, 1.807) is 5.56 Å². The summed E-state index contributed by atoms with van der Waals surface area (Å²) in [7, 11) is -1.39. The Hall–Kier alpha value is -1.19. The summed E-state index contributed by atoms with van der Waals surface area (Å²) >= 11 is 0. The van der Waals surface area contributed by atoms with E-state index in [1.807, 2.05) is 0 Å². The van der Waals surface area contributed by atoms with Gasteiger partial charge in [-0.2, -0.15) is 11.1 Å². The Balaban J connectivity index is 0.00000306. The van der Waals surface area contributed by atoms with Crippen molar-refractivity contribution < 1.29 is 58.9 Å². The van der Waals surface area contributed by atoms with Gasteiger partial charge in [0.25, 0.3) is 0 Å². The third-order valence-corrected chi connectivity index (χ3v) is 10.3. The summed E-state index contributed by atoms with van der Waals surface area (Å²) in [5, 5.41) is 3.05. The van der Waals surface area contributed by atoms with E-state index in [0.29, 0.717) is 0 Å². The smallest absolute Gasteiger partial charge is 1.00 e. The van der Waals surface area contributed by atoms with Crippen molar-refractivity contribution in [3.63, 3.8) is 0 Å². The van der Waals surface area contributed by atoms with Gasteiger partial charge in [0, 0.05) is 0 Å². The number of hydrogen-bond acceptors (Lipinski definition) is 0. The molecule has 0 bridgehead atoms. The maximum absolute atomic E-state index is 2.36. The molecule has 0 saturated carbocycles. The molecule has 0 aliphatic rings. The SMILES string of the molecule is CCCCc1ccc(-c2c(C)c(C)c(C)[c-]2C[SiH](c2ccccc2)c2ccccc2)cc1.[Cl-].[Cl-].[Cl-].[Ti+4]. The number of aryl methyl sites for hydroxylation is 1. The summed E-state index contributed by atoms with van der Waals surface area (Å²) in [4.78, 5) is 0. The predicted octanol–water partition coefficient (Wildman–Crippen LogP) is -2.53. The van der Waals surface area contributed by atoms with E-state index >= 15 is 0 Å². The third kappa shape index (κ3) is 7.90. The zero-order valence-corrected chi connectivity index (χ0v) is 26.6. The van der Waals surface area contributed by atoms with Gasteiger partial charge in [-0.05, 0) is 18.4 Å². The second-order valence-corrected chi connectivity index (χ2v) is 12.0. The molecule has 0 radical (unpaired) electrons. The summed E-state index contributed by atoms with van der Waals surface area (Å²) in [6, 6.07) is 33.0. The van der Waals surface area contributed by atoms with E-state index in [4.69, 9.17) is 0 Å². The monoisotopic (exact) mass is 588 g/mol. The van der Waals surface area contributed by atoms with Crippen LogP contribution in [0, 0.1) is 20.8 Å². The van der Waals surface area contributed by atoms with E-state index in [1.165, 1.54) is 63.0 Å². The molecule has 0 amide bonds. The Morgan fingerprint density at radius 3 is 1.64 bits per heavy atom. The van der Waals surface area contributed by atoms with Crippen molar-refractivity contribution in [2.24, 2.45) is 0 Å². The molecule has 4 rings (SSSR count). The Bertz CT molecular complexity index is 1120. The van der Waals surface area contributed by atoms with E-state index in [9.17, 15) is 0 Å². The van der Waals surface area contributed by atoms with E-state index in [0.717, 1.165) is 6.04 Å². The van der Waals surface area contributed by atoms with Gasteiger partial charge in [-0.3, -0.25) is 0 Å². The van der Waals surface area contributed by atoms with Gasteiger partial charge in [-0.25, -0.2) is 0 Å². The van der Waals surface area contributed by atoms with Crippen molar-refractivity contribution in [2.75, 3.05) is 0 Å². The second kappa shape index (κ2) is 16.6. The number of unbranched alkanes of at least 4 members (excludes halogenated alkanes) is 1. The van der Waals surface area contributed by atoms with Crippen molar-refractivity contribution in [3.8, 4) is 11.1 Å². The molecule has 0 unspecified atom stereocenters. The number of hydrogen-bond donors (Lipinski definition) is 0. The maximum atomic E-state index is 2.36. The minimum absolute atomic E-state index is 0. The second-order valence-electron chi connectivity index (χ2n) is 9.11. The topological polar surface area (TPSA) is 0 Å². The number of halogens is 3. The molecule has 0 aliphatic heterocycles. The van der Waals surface area contributed by atoms with Crippen molar-refractivity contribution in [1.82, 2.24) is 0 Å². The molecule has 4 aromatic rings. The van der Waals surface area contributed by atoms with E-state index in [-0.39, 0.29) is 58.9 Å². The van der Waals surface area contributed by atoms with Gasteiger partial charge < -0.3 is 37.2 Å². The maximum Gasteiger partial charge on any atom is 4.00 e. The van der Waals surface area contributed by atoms with Crippen LogP contribution in [0.5, 0.6) is 0 Å². The third-order valence-electron chi connectivity index (χ3n) is 7.13. The van der Waals surface area contributed by atoms with Crippen molar-refractivity contribution >= 4 is 19.2 Å². The average molecular weight is 590 g/mol. The largest absolute Gasteiger partial charge is 4.00 e. The number of rotatable bonds is 8. The molecule has 0 atom stereocenters. The van der Waals surface area contributed by atoms with Crippen molar-refractivity contribution in [2.45, 2.75) is 53.0 Å². The van der Waals surface area contributed by atoms with Crippen LogP contribution in [0.15, 0.2) is 84.9 Å². The standard InChI is InChI=1S/C31H35Si.3ClH.Ti/c1-5-6-13-26-18-20-27(21-19-26)31-25(4)23(2)24(3)30(31)22-32(28-14-9-7-10-15-28)29-16-11-8-12-17-29;;;;/h7-12,14-21,32H,5-6,13,22H2,1-4H3;3*1H;/q-1;;;;+4/p-3. The van der Waals surface area contributed by atoms with Gasteiger partial charge >= 0.3 is 21.7 Å². The molecule has 0 nitrogen and oxygen atoms in total. The predicted molar refractivity (Wildman–Crippen MR) is 143 cm³/mol. The van der Waals surface area contributed by atoms with Gasteiger partial charge in [0.15, 0.2) is 0 Å². The summed E-state index contributed by atoms with van der Waals surface area (Å²) < 4.78 is 0. The van der Waals surface area contributed by atoms with Crippen LogP contribution in [0.25, 0.3) is 11.1 Å². The molecule has 0 fully saturated rings. The minimum atomic E-state index is -1.39. The molecule has 4 aromatic carbocycles. The molecular weight excluding hydrogens is 555 g/mol. The van der Waals surface area contributed by atoms with Crippen LogP contribution in [-0.4, -0.2) is 8.80 Å². The molecular formula is C31H35Cl3SiTi. The fourth-order valence-electron chi connectivity index (χ4n) is 4.98. The van der Waals surface area contributed by atoms with Crippen LogP contribution in [0.3, 0.4) is 0 Å². The molecule has 36 heavy (non-hydrogen) atoms. The Kier molecular flexibility index (Phi) is 16.1. The van der Waals surface area contributed by atoms with Gasteiger partial charge in [0.05, 0.1) is 8.80 Å². The fraction of sp³-hybridized carbons (Fsp3) is 0.258. The molecule has 188 valence electrons. The first kappa shape index (κ1) is 34.8. The van der Waals surface area contributed by atoms with Crippen LogP contribution in [0.2, 0.25) is 0 Å². The zero-order chi connectivity index (χ0) is 22.5. The van der Waals surface area contributed by atoms with Crippen molar-refractivity contribution in [3.05, 3.63) is 113 Å². The van der Waals surface area contributed by atoms with Gasteiger partial charge in [0.2, 0.25) is 0 Å². The molecule has 0 spiro atoms. The van der Waals surface area contributed by atoms with Gasteiger partial charge in [0.1, 0.15) is 0 Å². The molecule has 0 aromatic heterocycles. The fourth-order valence-corrected chi connectivity index (χ4v) is 8.13. The summed E-state index contributed by atoms with van der Waals surface area (Å²) in [5.41, 5.74) is 10.3. The van der Waals surface area contributed by atoms with Crippen LogP contribution in [-0.2, 0) is 34.2 Å². The Morgan fingerprint density at radius 1 is 0.667 bits per heavy atom. The van der Waals surface area contributed by atoms with Gasteiger partial charge in [-0.15, -0.1) is 16.7 Å².